The third-order valence-corrected chi connectivity index (χ3v) is 3.40. The number of nitrogens with one attached hydrogen (secondary N) is 2. The molecule has 0 aliphatic carbocycles. The van der Waals surface area contributed by atoms with Gasteiger partial charge in [-0.1, -0.05) is 26.3 Å². The van der Waals surface area contributed by atoms with Gasteiger partial charge in [0, 0.05) is 18.2 Å². The average molecular weight is 306 g/mol. The summed E-state index contributed by atoms with van der Waals surface area (Å²) in [7, 11) is 1.29. The van der Waals surface area contributed by atoms with Crippen LogP contribution in [-0.2, 0) is 14.3 Å². The lowest BCUT2D eigenvalue weighted by Gasteiger charge is -2.22. The topological polar surface area (TPSA) is 84.5 Å². The number of hydrogen-bond acceptors (Lipinski definition) is 4. The van der Waals surface area contributed by atoms with Crippen molar-refractivity contribution >= 4 is 23.5 Å². The Morgan fingerprint density at radius 3 is 2.50 bits per heavy atom. The van der Waals surface area contributed by atoms with Crippen LogP contribution in [0.15, 0.2) is 24.3 Å². The minimum absolute atomic E-state index is 0.0464. The SMILES string of the molecule is CC[C@@H](C)[C@H](NC(=O)c1cccc(NC(C)=O)c1)C(=O)OC. The highest BCUT2D eigenvalue weighted by molar-refractivity contribution is 5.98. The summed E-state index contributed by atoms with van der Waals surface area (Å²) < 4.78 is 4.74. The molecular formula is C16H22N2O4. The summed E-state index contributed by atoms with van der Waals surface area (Å²) in [5.74, 6) is -1.12. The molecule has 0 saturated carbocycles. The molecule has 120 valence electrons. The van der Waals surface area contributed by atoms with Gasteiger partial charge < -0.3 is 15.4 Å². The summed E-state index contributed by atoms with van der Waals surface area (Å²) in [5, 5.41) is 5.30. The van der Waals surface area contributed by atoms with Crippen LogP contribution < -0.4 is 10.6 Å². The van der Waals surface area contributed by atoms with E-state index in [1.165, 1.54) is 14.0 Å². The van der Waals surface area contributed by atoms with Crippen molar-refractivity contribution in [3.8, 4) is 0 Å². The van der Waals surface area contributed by atoms with Crippen molar-refractivity contribution in [2.45, 2.75) is 33.2 Å². The maximum atomic E-state index is 12.3. The van der Waals surface area contributed by atoms with Gasteiger partial charge in [0.05, 0.1) is 7.11 Å². The predicted octanol–water partition coefficient (Wildman–Crippen LogP) is 1.96. The van der Waals surface area contributed by atoms with Crippen molar-refractivity contribution in [3.63, 3.8) is 0 Å². The van der Waals surface area contributed by atoms with Crippen molar-refractivity contribution in [2.24, 2.45) is 5.92 Å². The summed E-state index contributed by atoms with van der Waals surface area (Å²) in [6.07, 6.45) is 0.728. The van der Waals surface area contributed by atoms with Crippen molar-refractivity contribution in [1.29, 1.82) is 0 Å². The first kappa shape index (κ1) is 17.7. The number of carbonyl (C=O) groups excluding carboxylic acids is 3. The molecule has 6 heteroatoms. The van der Waals surface area contributed by atoms with E-state index in [1.54, 1.807) is 24.3 Å². The number of anilines is 1. The van der Waals surface area contributed by atoms with E-state index < -0.39 is 12.0 Å². The Hall–Kier alpha value is -2.37. The summed E-state index contributed by atoms with van der Waals surface area (Å²) >= 11 is 0. The Labute approximate surface area is 130 Å². The zero-order valence-corrected chi connectivity index (χ0v) is 13.3. The molecular weight excluding hydrogens is 284 g/mol. The second kappa shape index (κ2) is 8.17. The Morgan fingerprint density at radius 2 is 1.95 bits per heavy atom. The summed E-state index contributed by atoms with van der Waals surface area (Å²) in [4.78, 5) is 35.2. The number of esters is 1. The molecule has 0 spiro atoms. The standard InChI is InChI=1S/C16H22N2O4/c1-5-10(2)14(16(21)22-4)18-15(20)12-7-6-8-13(9-12)17-11(3)19/h6-10,14H,5H2,1-4H3,(H,17,19)(H,18,20)/t10-,14+/m1/s1. The van der Waals surface area contributed by atoms with Crippen LogP contribution in [0.1, 0.15) is 37.6 Å². The highest BCUT2D eigenvalue weighted by atomic mass is 16.5. The molecule has 0 aliphatic heterocycles. The van der Waals surface area contributed by atoms with E-state index in [9.17, 15) is 14.4 Å². The Balaban J connectivity index is 2.90. The Bertz CT molecular complexity index is 557. The van der Waals surface area contributed by atoms with Crippen LogP contribution in [-0.4, -0.2) is 30.9 Å². The van der Waals surface area contributed by atoms with Crippen LogP contribution in [0.5, 0.6) is 0 Å². The molecule has 0 radical (unpaired) electrons. The number of amides is 2. The van der Waals surface area contributed by atoms with E-state index in [0.29, 0.717) is 11.3 Å². The molecule has 2 amide bonds. The first-order chi connectivity index (χ1) is 10.4. The first-order valence-corrected chi connectivity index (χ1v) is 7.15. The van der Waals surface area contributed by atoms with Crippen molar-refractivity contribution in [3.05, 3.63) is 29.8 Å². The van der Waals surface area contributed by atoms with Gasteiger partial charge in [0.1, 0.15) is 6.04 Å². The lowest BCUT2D eigenvalue weighted by molar-refractivity contribution is -0.144. The summed E-state index contributed by atoms with van der Waals surface area (Å²) in [6.45, 7) is 5.20. The van der Waals surface area contributed by atoms with E-state index in [1.807, 2.05) is 13.8 Å². The number of ether oxygens (including phenoxy) is 1. The van der Waals surface area contributed by atoms with Crippen molar-refractivity contribution in [1.82, 2.24) is 5.32 Å². The van der Waals surface area contributed by atoms with Gasteiger partial charge in [-0.15, -0.1) is 0 Å². The molecule has 0 saturated heterocycles. The molecule has 0 bridgehead atoms. The molecule has 2 atom stereocenters. The molecule has 0 aromatic heterocycles. The monoisotopic (exact) mass is 306 g/mol. The highest BCUT2D eigenvalue weighted by Crippen LogP contribution is 2.13. The van der Waals surface area contributed by atoms with Gasteiger partial charge >= 0.3 is 5.97 Å². The maximum absolute atomic E-state index is 12.3. The number of methoxy groups -OCH3 is 1. The van der Waals surface area contributed by atoms with Crippen LogP contribution in [0.3, 0.4) is 0 Å². The quantitative estimate of drug-likeness (QED) is 0.787. The minimum atomic E-state index is -0.702. The second-order valence-electron chi connectivity index (χ2n) is 5.12. The van der Waals surface area contributed by atoms with E-state index in [0.717, 1.165) is 6.42 Å². The number of hydrogen-bond donors (Lipinski definition) is 2. The van der Waals surface area contributed by atoms with Crippen molar-refractivity contribution in [2.75, 3.05) is 12.4 Å². The first-order valence-electron chi connectivity index (χ1n) is 7.15. The van der Waals surface area contributed by atoms with Crippen molar-refractivity contribution < 1.29 is 19.1 Å². The van der Waals surface area contributed by atoms with Gasteiger partial charge in [0.25, 0.3) is 5.91 Å². The third kappa shape index (κ3) is 4.87. The maximum Gasteiger partial charge on any atom is 0.328 e. The van der Waals surface area contributed by atoms with Crippen LogP contribution in [0.25, 0.3) is 0 Å². The van der Waals surface area contributed by atoms with E-state index >= 15 is 0 Å². The zero-order valence-electron chi connectivity index (χ0n) is 13.3. The highest BCUT2D eigenvalue weighted by Gasteiger charge is 2.27. The van der Waals surface area contributed by atoms with E-state index in [4.69, 9.17) is 4.74 Å². The Kier molecular flexibility index (Phi) is 6.56. The largest absolute Gasteiger partial charge is 0.467 e. The van der Waals surface area contributed by atoms with Gasteiger partial charge in [-0.25, -0.2) is 4.79 Å². The fraction of sp³-hybridized carbons (Fsp3) is 0.438. The molecule has 0 fully saturated rings. The Morgan fingerprint density at radius 1 is 1.27 bits per heavy atom. The average Bonchev–Trinajstić information content (AvgIpc) is 2.50. The van der Waals surface area contributed by atoms with Gasteiger partial charge in [0.2, 0.25) is 5.91 Å². The van der Waals surface area contributed by atoms with Gasteiger partial charge in [0.15, 0.2) is 0 Å². The third-order valence-electron chi connectivity index (χ3n) is 3.40. The molecule has 0 aliphatic rings. The predicted molar refractivity (Wildman–Crippen MR) is 83.5 cm³/mol. The van der Waals surface area contributed by atoms with Gasteiger partial charge in [-0.05, 0) is 24.1 Å². The molecule has 1 rings (SSSR count). The van der Waals surface area contributed by atoms with Gasteiger partial charge in [-0.2, -0.15) is 0 Å². The smallest absolute Gasteiger partial charge is 0.328 e. The second-order valence-corrected chi connectivity index (χ2v) is 5.12. The molecule has 22 heavy (non-hydrogen) atoms. The lowest BCUT2D eigenvalue weighted by atomic mass is 9.99. The fourth-order valence-corrected chi connectivity index (χ4v) is 1.96. The lowest BCUT2D eigenvalue weighted by Crippen LogP contribution is -2.45. The molecule has 1 aromatic rings. The van der Waals surface area contributed by atoms with Crippen LogP contribution in [0, 0.1) is 5.92 Å². The number of benzene rings is 1. The fourth-order valence-electron chi connectivity index (χ4n) is 1.96. The molecule has 0 unspecified atom stereocenters. The van der Waals surface area contributed by atoms with Crippen LogP contribution in [0.2, 0.25) is 0 Å². The normalized spacial score (nSPS) is 12.9. The number of rotatable bonds is 6. The number of carbonyl (C=O) groups is 3. The molecule has 1 aromatic carbocycles. The minimum Gasteiger partial charge on any atom is -0.467 e. The molecule has 2 N–H and O–H groups in total. The molecule has 0 heterocycles. The zero-order chi connectivity index (χ0) is 16.7. The van der Waals surface area contributed by atoms with Gasteiger partial charge in [-0.3, -0.25) is 9.59 Å². The van der Waals surface area contributed by atoms with E-state index in [2.05, 4.69) is 10.6 Å². The summed E-state index contributed by atoms with van der Waals surface area (Å²) in [6, 6.07) is 5.82. The van der Waals surface area contributed by atoms with E-state index in [-0.39, 0.29) is 17.7 Å². The van der Waals surface area contributed by atoms with Crippen LogP contribution >= 0.6 is 0 Å². The summed E-state index contributed by atoms with van der Waals surface area (Å²) in [5.41, 5.74) is 0.891. The van der Waals surface area contributed by atoms with Crippen LogP contribution in [0.4, 0.5) is 5.69 Å². The molecule has 6 nitrogen and oxygen atoms in total.